The van der Waals surface area contributed by atoms with E-state index in [1.807, 2.05) is 10.6 Å². The van der Waals surface area contributed by atoms with E-state index in [0.29, 0.717) is 5.69 Å². The van der Waals surface area contributed by atoms with E-state index in [2.05, 4.69) is 15.3 Å². The summed E-state index contributed by atoms with van der Waals surface area (Å²) in [5, 5.41) is 42.8. The predicted molar refractivity (Wildman–Crippen MR) is 110 cm³/mol. The maximum absolute atomic E-state index is 12.6. The van der Waals surface area contributed by atoms with Crippen LogP contribution in [0.15, 0.2) is 12.5 Å². The predicted octanol–water partition coefficient (Wildman–Crippen LogP) is -3.85. The van der Waals surface area contributed by atoms with Crippen molar-refractivity contribution in [1.82, 2.24) is 25.9 Å². The summed E-state index contributed by atoms with van der Waals surface area (Å²) >= 11 is 0. The van der Waals surface area contributed by atoms with Gasteiger partial charge in [-0.25, -0.2) is 9.78 Å². The molecule has 1 aromatic rings. The molecule has 0 fully saturated rings. The molecule has 5 atom stereocenters. The maximum Gasteiger partial charge on any atom is 0.326 e. The van der Waals surface area contributed by atoms with Crippen molar-refractivity contribution in [1.29, 1.82) is 0 Å². The number of H-pyrrole nitrogens is 1. The average molecular weight is 486 g/mol. The Hall–Kier alpha value is -4.05. The Morgan fingerprint density at radius 3 is 1.97 bits per heavy atom. The van der Waals surface area contributed by atoms with Crippen LogP contribution in [0.25, 0.3) is 0 Å². The van der Waals surface area contributed by atoms with Crippen LogP contribution in [-0.2, 0) is 35.2 Å². The molecule has 0 radical (unpaired) electrons. The van der Waals surface area contributed by atoms with Crippen molar-refractivity contribution in [2.24, 2.45) is 5.73 Å². The number of rotatable bonds is 14. The third kappa shape index (κ3) is 9.21. The molecule has 3 amide bonds. The van der Waals surface area contributed by atoms with Crippen molar-refractivity contribution in [2.45, 2.75) is 56.5 Å². The van der Waals surface area contributed by atoms with Gasteiger partial charge in [0.2, 0.25) is 17.7 Å². The summed E-state index contributed by atoms with van der Waals surface area (Å²) in [6, 6.07) is -6.55. The highest BCUT2D eigenvalue weighted by atomic mass is 16.4. The highest BCUT2D eigenvalue weighted by molar-refractivity contribution is 5.96. The number of carbonyl (C=O) groups excluding carboxylic acids is 3. The lowest BCUT2D eigenvalue weighted by Crippen LogP contribution is -2.60. The number of hydrogen-bond acceptors (Lipinski definition) is 9. The Balaban J connectivity index is 2.92. The Morgan fingerprint density at radius 2 is 1.50 bits per heavy atom. The molecule has 5 unspecified atom stereocenters. The van der Waals surface area contributed by atoms with Crippen LogP contribution in [0.4, 0.5) is 0 Å². The number of aromatic nitrogens is 2. The van der Waals surface area contributed by atoms with E-state index in [1.54, 1.807) is 0 Å². The number of amides is 3. The molecular formula is C18H26N6O10. The Kier molecular flexibility index (Phi) is 10.6. The molecule has 188 valence electrons. The fourth-order valence-electron chi connectivity index (χ4n) is 2.68. The number of aliphatic hydroxyl groups excluding tert-OH is 1. The van der Waals surface area contributed by atoms with Gasteiger partial charge in [-0.15, -0.1) is 0 Å². The van der Waals surface area contributed by atoms with Crippen LogP contribution in [0.2, 0.25) is 0 Å². The van der Waals surface area contributed by atoms with E-state index in [9.17, 15) is 33.9 Å². The van der Waals surface area contributed by atoms with E-state index in [4.69, 9.17) is 21.1 Å². The van der Waals surface area contributed by atoms with Crippen molar-refractivity contribution in [3.8, 4) is 0 Å². The first-order valence-electron chi connectivity index (χ1n) is 9.80. The number of aliphatic carboxylic acids is 3. The van der Waals surface area contributed by atoms with Crippen LogP contribution >= 0.6 is 0 Å². The van der Waals surface area contributed by atoms with E-state index in [1.165, 1.54) is 12.5 Å². The summed E-state index contributed by atoms with van der Waals surface area (Å²) in [7, 11) is 0. The monoisotopic (exact) mass is 486 g/mol. The molecule has 1 rings (SSSR count). The van der Waals surface area contributed by atoms with Gasteiger partial charge < -0.3 is 47.1 Å². The van der Waals surface area contributed by atoms with Crippen LogP contribution in [0.3, 0.4) is 0 Å². The second kappa shape index (κ2) is 12.9. The number of hydrogen-bond donors (Lipinski definition) is 9. The third-order valence-electron chi connectivity index (χ3n) is 4.40. The summed E-state index contributed by atoms with van der Waals surface area (Å²) < 4.78 is 0. The number of nitrogens with zero attached hydrogens (tertiary/aromatic N) is 1. The van der Waals surface area contributed by atoms with E-state index >= 15 is 0 Å². The summed E-state index contributed by atoms with van der Waals surface area (Å²) in [4.78, 5) is 76.9. The Labute approximate surface area is 191 Å². The molecule has 1 aromatic heterocycles. The smallest absolute Gasteiger partial charge is 0.326 e. The van der Waals surface area contributed by atoms with Crippen LogP contribution in [0.5, 0.6) is 0 Å². The van der Waals surface area contributed by atoms with Gasteiger partial charge in [-0.1, -0.05) is 0 Å². The van der Waals surface area contributed by atoms with Crippen molar-refractivity contribution in [2.75, 3.05) is 0 Å². The van der Waals surface area contributed by atoms with Gasteiger partial charge in [0.25, 0.3) is 0 Å². The second-order valence-electron chi connectivity index (χ2n) is 7.27. The third-order valence-corrected chi connectivity index (χ3v) is 4.40. The minimum Gasteiger partial charge on any atom is -0.481 e. The van der Waals surface area contributed by atoms with Crippen molar-refractivity contribution < 1.29 is 49.2 Å². The van der Waals surface area contributed by atoms with Gasteiger partial charge >= 0.3 is 17.9 Å². The number of nitrogens with two attached hydrogens (primary N) is 1. The number of aliphatic hydroxyl groups is 1. The summed E-state index contributed by atoms with van der Waals surface area (Å²) in [5.41, 5.74) is 6.30. The van der Waals surface area contributed by atoms with Gasteiger partial charge in [-0.2, -0.15) is 0 Å². The lowest BCUT2D eigenvalue weighted by molar-refractivity contribution is -0.148. The molecule has 0 saturated heterocycles. The van der Waals surface area contributed by atoms with E-state index in [-0.39, 0.29) is 6.42 Å². The van der Waals surface area contributed by atoms with Gasteiger partial charge in [-0.3, -0.25) is 24.0 Å². The largest absolute Gasteiger partial charge is 0.481 e. The summed E-state index contributed by atoms with van der Waals surface area (Å²) in [6.45, 7) is 1.14. The number of carboxylic acid groups (broad SMARTS) is 3. The van der Waals surface area contributed by atoms with Crippen LogP contribution in [0, 0.1) is 0 Å². The zero-order chi connectivity index (χ0) is 26.0. The SMILES string of the molecule is CC(O)C(NC(=O)C(N)Cc1cnc[nH]1)C(=O)NC(CC(=O)O)C(=O)NC(CC(=O)O)C(=O)O. The number of imidazole rings is 1. The zero-order valence-electron chi connectivity index (χ0n) is 17.9. The second-order valence-corrected chi connectivity index (χ2v) is 7.27. The first-order valence-corrected chi connectivity index (χ1v) is 9.80. The summed E-state index contributed by atoms with van der Waals surface area (Å²) in [6.07, 6.45) is -0.701. The van der Waals surface area contributed by atoms with Gasteiger partial charge in [0, 0.05) is 18.3 Å². The van der Waals surface area contributed by atoms with Crippen LogP contribution in [-0.4, -0.2) is 96.3 Å². The average Bonchev–Trinajstić information content (AvgIpc) is 3.22. The van der Waals surface area contributed by atoms with Gasteiger partial charge in [-0.05, 0) is 6.92 Å². The Morgan fingerprint density at radius 1 is 0.941 bits per heavy atom. The first kappa shape index (κ1) is 28.0. The first-order chi connectivity index (χ1) is 15.8. The van der Waals surface area contributed by atoms with Crippen molar-refractivity contribution >= 4 is 35.6 Å². The standard InChI is InChI=1S/C18H26N6O10/c1-7(25)14(24-15(30)9(19)2-8-5-20-6-21-8)17(32)22-10(3-12(26)27)16(31)23-11(18(33)34)4-13(28)29/h5-7,9-11,14,25H,2-4,19H2,1H3,(H,20,21)(H,22,32)(H,23,31)(H,24,30)(H,26,27)(H,28,29)(H,33,34). The minimum absolute atomic E-state index is 0.0180. The molecule has 0 aliphatic heterocycles. The van der Waals surface area contributed by atoms with Crippen LogP contribution in [0.1, 0.15) is 25.5 Å². The molecule has 0 aliphatic rings. The minimum atomic E-state index is -1.90. The molecular weight excluding hydrogens is 460 g/mol. The van der Waals surface area contributed by atoms with Crippen LogP contribution < -0.4 is 21.7 Å². The number of carboxylic acids is 3. The normalized spacial score (nSPS) is 15.1. The maximum atomic E-state index is 12.6. The molecule has 10 N–H and O–H groups in total. The number of aromatic amines is 1. The summed E-state index contributed by atoms with van der Waals surface area (Å²) in [5.74, 6) is -8.10. The zero-order valence-corrected chi connectivity index (χ0v) is 17.9. The Bertz CT molecular complexity index is 903. The van der Waals surface area contributed by atoms with Crippen molar-refractivity contribution in [3.63, 3.8) is 0 Å². The fourth-order valence-corrected chi connectivity index (χ4v) is 2.68. The van der Waals surface area contributed by atoms with Gasteiger partial charge in [0.15, 0.2) is 0 Å². The van der Waals surface area contributed by atoms with Gasteiger partial charge in [0.05, 0.1) is 31.3 Å². The lowest BCUT2D eigenvalue weighted by Gasteiger charge is -2.25. The lowest BCUT2D eigenvalue weighted by atomic mass is 10.1. The molecule has 16 nitrogen and oxygen atoms in total. The number of carbonyl (C=O) groups is 6. The molecule has 0 bridgehead atoms. The molecule has 16 heteroatoms. The van der Waals surface area contributed by atoms with E-state index in [0.717, 1.165) is 6.92 Å². The van der Waals surface area contributed by atoms with Gasteiger partial charge in [0.1, 0.15) is 18.1 Å². The highest BCUT2D eigenvalue weighted by Gasteiger charge is 2.34. The molecule has 1 heterocycles. The number of nitrogens with one attached hydrogen (secondary N) is 4. The molecule has 0 spiro atoms. The topological polar surface area (TPSA) is 274 Å². The quantitative estimate of drug-likeness (QED) is 0.122. The molecule has 34 heavy (non-hydrogen) atoms. The van der Waals surface area contributed by atoms with E-state index < -0.39 is 78.7 Å². The molecule has 0 aromatic carbocycles. The van der Waals surface area contributed by atoms with Crippen molar-refractivity contribution in [3.05, 3.63) is 18.2 Å². The molecule has 0 aliphatic carbocycles. The molecule has 0 saturated carbocycles. The fraction of sp³-hybridized carbons (Fsp3) is 0.500. The highest BCUT2D eigenvalue weighted by Crippen LogP contribution is 2.03.